The number of hydrogen-bond donors (Lipinski definition) is 3. The lowest BCUT2D eigenvalue weighted by Crippen LogP contribution is -2.48. The first-order chi connectivity index (χ1) is 9.65. The number of amides is 2. The van der Waals surface area contributed by atoms with Crippen molar-refractivity contribution in [1.82, 2.24) is 5.32 Å². The lowest BCUT2D eigenvalue weighted by Gasteiger charge is -2.22. The Morgan fingerprint density at radius 2 is 2.10 bits per heavy atom. The molecular weight excluding hydrogens is 298 g/mol. The number of anilines is 1. The van der Waals surface area contributed by atoms with Crippen molar-refractivity contribution in [3.8, 4) is 5.75 Å². The van der Waals surface area contributed by atoms with Crippen LogP contribution in [-0.2, 0) is 14.3 Å². The molecule has 0 saturated carbocycles. The number of carbonyl (C=O) groups is 2. The zero-order chi connectivity index (χ0) is 14.4. The molecule has 1 fully saturated rings. The smallest absolute Gasteiger partial charge is 0.255 e. The molecule has 0 aromatic heterocycles. The molecule has 4 N–H and O–H groups in total. The van der Waals surface area contributed by atoms with Gasteiger partial charge in [-0.15, -0.1) is 12.4 Å². The third-order valence-corrected chi connectivity index (χ3v) is 2.74. The summed E-state index contributed by atoms with van der Waals surface area (Å²) in [6, 6.07) is 6.36. The molecule has 1 saturated heterocycles. The highest BCUT2D eigenvalue weighted by Crippen LogP contribution is 2.15. The lowest BCUT2D eigenvalue weighted by atomic mass is 10.2. The zero-order valence-electron chi connectivity index (χ0n) is 11.3. The van der Waals surface area contributed by atoms with Gasteiger partial charge in [0.2, 0.25) is 5.91 Å². The maximum absolute atomic E-state index is 11.9. The molecule has 2 amide bonds. The number of halogens is 1. The molecule has 0 spiro atoms. The summed E-state index contributed by atoms with van der Waals surface area (Å²) in [5.74, 6) is -0.165. The van der Waals surface area contributed by atoms with Gasteiger partial charge in [-0.2, -0.15) is 0 Å². The highest BCUT2D eigenvalue weighted by Gasteiger charge is 2.20. The summed E-state index contributed by atoms with van der Waals surface area (Å²) < 4.78 is 10.4. The molecule has 0 radical (unpaired) electrons. The first kappa shape index (κ1) is 17.2. The second kappa shape index (κ2) is 8.46. The molecule has 116 valence electrons. The third kappa shape index (κ3) is 5.58. The van der Waals surface area contributed by atoms with Gasteiger partial charge in [-0.05, 0) is 24.3 Å². The minimum atomic E-state index is -0.536. The molecule has 0 aliphatic carbocycles. The molecule has 7 nitrogen and oxygen atoms in total. The fraction of sp³-hybridized carbons (Fsp3) is 0.385. The summed E-state index contributed by atoms with van der Waals surface area (Å²) in [4.78, 5) is 22.5. The quantitative estimate of drug-likeness (QED) is 0.704. The van der Waals surface area contributed by atoms with Gasteiger partial charge in [0.15, 0.2) is 6.61 Å². The van der Waals surface area contributed by atoms with Crippen molar-refractivity contribution in [2.45, 2.75) is 6.04 Å². The molecule has 1 unspecified atom stereocenters. The number of carbonyl (C=O) groups excluding carboxylic acids is 2. The first-order valence-electron chi connectivity index (χ1n) is 6.28. The van der Waals surface area contributed by atoms with E-state index in [1.165, 1.54) is 0 Å². The minimum absolute atomic E-state index is 0. The molecule has 1 aromatic carbocycles. The summed E-state index contributed by atoms with van der Waals surface area (Å²) in [5, 5.41) is 5.85. The van der Waals surface area contributed by atoms with Gasteiger partial charge in [-0.3, -0.25) is 9.59 Å². The second-order valence-electron chi connectivity index (χ2n) is 4.35. The fourth-order valence-corrected chi connectivity index (χ4v) is 1.75. The molecule has 1 heterocycles. The van der Waals surface area contributed by atoms with Gasteiger partial charge in [0, 0.05) is 12.2 Å². The Kier molecular flexibility index (Phi) is 6.93. The van der Waals surface area contributed by atoms with Gasteiger partial charge in [0.1, 0.15) is 11.8 Å². The summed E-state index contributed by atoms with van der Waals surface area (Å²) >= 11 is 0. The summed E-state index contributed by atoms with van der Waals surface area (Å²) in [6.45, 7) is 1.48. The normalized spacial score (nSPS) is 17.4. The number of primary amides is 1. The van der Waals surface area contributed by atoms with E-state index in [0.29, 0.717) is 31.2 Å². The Labute approximate surface area is 128 Å². The highest BCUT2D eigenvalue weighted by molar-refractivity contribution is 5.95. The Morgan fingerprint density at radius 1 is 1.38 bits per heavy atom. The fourth-order valence-electron chi connectivity index (χ4n) is 1.75. The Hall–Kier alpha value is -1.83. The van der Waals surface area contributed by atoms with Crippen LogP contribution in [0.25, 0.3) is 0 Å². The summed E-state index contributed by atoms with van der Waals surface area (Å²) in [5.41, 5.74) is 5.63. The average molecular weight is 316 g/mol. The predicted octanol–water partition coefficient (Wildman–Crippen LogP) is -0.101. The van der Waals surface area contributed by atoms with Gasteiger partial charge in [-0.25, -0.2) is 0 Å². The molecule has 0 bridgehead atoms. The molecule has 1 aliphatic rings. The number of hydrogen-bond acceptors (Lipinski definition) is 5. The van der Waals surface area contributed by atoms with Crippen molar-refractivity contribution in [2.24, 2.45) is 5.73 Å². The van der Waals surface area contributed by atoms with Crippen LogP contribution in [0.15, 0.2) is 24.3 Å². The van der Waals surface area contributed by atoms with E-state index in [1.54, 1.807) is 24.3 Å². The van der Waals surface area contributed by atoms with Crippen molar-refractivity contribution >= 4 is 29.9 Å². The van der Waals surface area contributed by atoms with E-state index >= 15 is 0 Å². The maximum atomic E-state index is 11.9. The molecule has 2 rings (SSSR count). The highest BCUT2D eigenvalue weighted by atomic mass is 35.5. The molecule has 1 atom stereocenters. The van der Waals surface area contributed by atoms with Crippen molar-refractivity contribution in [2.75, 3.05) is 31.7 Å². The number of ether oxygens (including phenoxy) is 2. The second-order valence-corrected chi connectivity index (χ2v) is 4.35. The number of nitrogens with one attached hydrogen (secondary N) is 2. The molecule has 1 aromatic rings. The van der Waals surface area contributed by atoms with Gasteiger partial charge in [0.25, 0.3) is 5.91 Å². The van der Waals surface area contributed by atoms with Gasteiger partial charge < -0.3 is 25.8 Å². The van der Waals surface area contributed by atoms with Crippen LogP contribution < -0.4 is 21.1 Å². The number of nitrogens with two attached hydrogens (primary N) is 1. The zero-order valence-corrected chi connectivity index (χ0v) is 12.2. The third-order valence-electron chi connectivity index (χ3n) is 2.74. The van der Waals surface area contributed by atoms with E-state index in [1.807, 2.05) is 0 Å². The van der Waals surface area contributed by atoms with Crippen LogP contribution in [-0.4, -0.2) is 44.2 Å². The Balaban J connectivity index is 0.00000220. The molecular formula is C13H18ClN3O4. The number of benzene rings is 1. The van der Waals surface area contributed by atoms with E-state index in [0.717, 1.165) is 0 Å². The predicted molar refractivity (Wildman–Crippen MR) is 79.6 cm³/mol. The molecule has 8 heteroatoms. The molecule has 1 aliphatic heterocycles. The first-order valence-corrected chi connectivity index (χ1v) is 6.28. The lowest BCUT2D eigenvalue weighted by molar-refractivity contribution is -0.121. The van der Waals surface area contributed by atoms with Crippen molar-refractivity contribution in [3.63, 3.8) is 0 Å². The van der Waals surface area contributed by atoms with E-state index in [4.69, 9.17) is 15.2 Å². The topological polar surface area (TPSA) is 103 Å². The van der Waals surface area contributed by atoms with Crippen molar-refractivity contribution in [1.29, 1.82) is 0 Å². The number of morpholine rings is 1. The minimum Gasteiger partial charge on any atom is -0.484 e. The van der Waals surface area contributed by atoms with E-state index in [-0.39, 0.29) is 31.0 Å². The van der Waals surface area contributed by atoms with Gasteiger partial charge in [0.05, 0.1) is 13.2 Å². The Morgan fingerprint density at radius 3 is 2.67 bits per heavy atom. The van der Waals surface area contributed by atoms with Crippen LogP contribution in [0.2, 0.25) is 0 Å². The summed E-state index contributed by atoms with van der Waals surface area (Å²) in [7, 11) is 0. The molecule has 21 heavy (non-hydrogen) atoms. The van der Waals surface area contributed by atoms with E-state index in [2.05, 4.69) is 10.6 Å². The van der Waals surface area contributed by atoms with Crippen LogP contribution >= 0.6 is 12.4 Å². The van der Waals surface area contributed by atoms with E-state index in [9.17, 15) is 9.59 Å². The van der Waals surface area contributed by atoms with Crippen LogP contribution in [0.1, 0.15) is 0 Å². The SMILES string of the molecule is Cl.NC(=O)COc1ccc(NC(=O)C2COCCN2)cc1. The standard InChI is InChI=1S/C13H17N3O4.ClH/c14-12(17)8-20-10-3-1-9(2-4-10)16-13(18)11-7-19-6-5-15-11;/h1-4,11,15H,5-8H2,(H2,14,17)(H,16,18);1H. The van der Waals surface area contributed by atoms with Crippen molar-refractivity contribution in [3.05, 3.63) is 24.3 Å². The largest absolute Gasteiger partial charge is 0.484 e. The van der Waals surface area contributed by atoms with Gasteiger partial charge in [-0.1, -0.05) is 0 Å². The van der Waals surface area contributed by atoms with Crippen LogP contribution in [0.5, 0.6) is 5.75 Å². The average Bonchev–Trinajstić information content (AvgIpc) is 2.47. The van der Waals surface area contributed by atoms with Crippen LogP contribution in [0, 0.1) is 0 Å². The monoisotopic (exact) mass is 315 g/mol. The van der Waals surface area contributed by atoms with Crippen LogP contribution in [0.3, 0.4) is 0 Å². The number of rotatable bonds is 5. The summed E-state index contributed by atoms with van der Waals surface area (Å²) in [6.07, 6.45) is 0. The van der Waals surface area contributed by atoms with Crippen LogP contribution in [0.4, 0.5) is 5.69 Å². The Bertz CT molecular complexity index is 475. The van der Waals surface area contributed by atoms with Crippen molar-refractivity contribution < 1.29 is 19.1 Å². The maximum Gasteiger partial charge on any atom is 0.255 e. The van der Waals surface area contributed by atoms with E-state index < -0.39 is 5.91 Å². The van der Waals surface area contributed by atoms with Gasteiger partial charge >= 0.3 is 0 Å².